The van der Waals surface area contributed by atoms with Crippen LogP contribution in [0.1, 0.15) is 20.3 Å². The van der Waals surface area contributed by atoms with Crippen LogP contribution in [0.3, 0.4) is 0 Å². The summed E-state index contributed by atoms with van der Waals surface area (Å²) in [7, 11) is 1.47. The summed E-state index contributed by atoms with van der Waals surface area (Å²) in [6, 6.07) is 2.76. The Balaban J connectivity index is 2.55. The number of nitrogens with one attached hydrogen (secondary N) is 2. The maximum absolute atomic E-state index is 11.8. The predicted octanol–water partition coefficient (Wildman–Crippen LogP) is 3.53. The highest BCUT2D eigenvalue weighted by atomic mass is 35.5. The first-order valence-electron chi connectivity index (χ1n) is 6.59. The third kappa shape index (κ3) is 5.99. The van der Waals surface area contributed by atoms with Crippen molar-refractivity contribution in [3.8, 4) is 5.75 Å². The second-order valence-corrected chi connectivity index (χ2v) is 5.81. The lowest BCUT2D eigenvalue weighted by atomic mass is 10.1. The van der Waals surface area contributed by atoms with E-state index < -0.39 is 0 Å². The molecule has 0 aliphatic rings. The number of carbonyl (C=O) groups is 1. The van der Waals surface area contributed by atoms with Crippen molar-refractivity contribution >= 4 is 34.9 Å². The molecule has 0 heterocycles. The Morgan fingerprint density at radius 2 is 1.90 bits per heavy atom. The normalized spacial score (nSPS) is 13.4. The van der Waals surface area contributed by atoms with Crippen LogP contribution >= 0.6 is 23.2 Å². The quantitative estimate of drug-likeness (QED) is 0.745. The van der Waals surface area contributed by atoms with E-state index in [2.05, 4.69) is 10.6 Å². The van der Waals surface area contributed by atoms with Gasteiger partial charge in [0.15, 0.2) is 5.75 Å². The Labute approximate surface area is 134 Å². The summed E-state index contributed by atoms with van der Waals surface area (Å²) in [6.45, 7) is 4.14. The zero-order chi connectivity index (χ0) is 16.0. The van der Waals surface area contributed by atoms with E-state index >= 15 is 0 Å². The minimum atomic E-state index is -0.385. The average molecular weight is 335 g/mol. The van der Waals surface area contributed by atoms with E-state index in [1.54, 1.807) is 19.1 Å². The summed E-state index contributed by atoms with van der Waals surface area (Å²) in [5.41, 5.74) is 0.478. The van der Waals surface area contributed by atoms with Gasteiger partial charge in [-0.2, -0.15) is 0 Å². The van der Waals surface area contributed by atoms with Crippen LogP contribution in [0.2, 0.25) is 10.0 Å². The average Bonchev–Trinajstić information content (AvgIpc) is 2.35. The van der Waals surface area contributed by atoms with Gasteiger partial charge in [0.25, 0.3) is 0 Å². The van der Waals surface area contributed by atoms with Crippen LogP contribution in [0.15, 0.2) is 12.1 Å². The number of carbonyl (C=O) groups excluding carboxylic acids is 1. The van der Waals surface area contributed by atoms with E-state index in [0.717, 1.165) is 0 Å². The monoisotopic (exact) mass is 334 g/mol. The molecule has 2 amide bonds. The molecule has 21 heavy (non-hydrogen) atoms. The summed E-state index contributed by atoms with van der Waals surface area (Å²) in [5, 5.41) is 15.3. The minimum Gasteiger partial charge on any atom is -0.494 e. The van der Waals surface area contributed by atoms with Crippen LogP contribution in [0.25, 0.3) is 0 Å². The molecule has 1 aromatic rings. The topological polar surface area (TPSA) is 70.6 Å². The van der Waals surface area contributed by atoms with Gasteiger partial charge in [-0.3, -0.25) is 0 Å². The van der Waals surface area contributed by atoms with Crippen molar-refractivity contribution in [2.75, 3.05) is 19.0 Å². The Hall–Kier alpha value is -1.17. The molecule has 0 radical (unpaired) electrons. The molecule has 0 aliphatic heterocycles. The molecule has 0 aromatic heterocycles. The van der Waals surface area contributed by atoms with Gasteiger partial charge >= 0.3 is 6.03 Å². The van der Waals surface area contributed by atoms with Crippen LogP contribution in [-0.2, 0) is 0 Å². The van der Waals surface area contributed by atoms with E-state index in [1.807, 2.05) is 6.92 Å². The predicted molar refractivity (Wildman–Crippen MR) is 85.5 cm³/mol. The van der Waals surface area contributed by atoms with Crippen LogP contribution in [0.4, 0.5) is 10.5 Å². The maximum Gasteiger partial charge on any atom is 0.319 e. The maximum atomic E-state index is 11.8. The van der Waals surface area contributed by atoms with Crippen molar-refractivity contribution in [1.29, 1.82) is 0 Å². The Morgan fingerprint density at radius 1 is 1.33 bits per heavy atom. The number of aliphatic hydroxyl groups excluding tert-OH is 1. The van der Waals surface area contributed by atoms with Gasteiger partial charge in [-0.1, -0.05) is 30.1 Å². The molecule has 2 atom stereocenters. The largest absolute Gasteiger partial charge is 0.494 e. The molecule has 1 rings (SSSR count). The SMILES string of the molecule is COc1c(Cl)cc(NC(=O)NC[C@@H](C)C[C@@H](C)O)cc1Cl. The number of hydrogen-bond donors (Lipinski definition) is 3. The van der Waals surface area contributed by atoms with E-state index in [4.69, 9.17) is 27.9 Å². The molecule has 0 bridgehead atoms. The zero-order valence-corrected chi connectivity index (χ0v) is 13.8. The summed E-state index contributed by atoms with van der Waals surface area (Å²) < 4.78 is 5.04. The van der Waals surface area contributed by atoms with E-state index in [-0.39, 0.29) is 18.1 Å². The molecule has 0 aliphatic carbocycles. The second-order valence-electron chi connectivity index (χ2n) is 5.00. The van der Waals surface area contributed by atoms with Crippen molar-refractivity contribution in [3.05, 3.63) is 22.2 Å². The summed E-state index contributed by atoms with van der Waals surface area (Å²) in [6.07, 6.45) is 0.240. The van der Waals surface area contributed by atoms with E-state index in [0.29, 0.717) is 34.4 Å². The summed E-state index contributed by atoms with van der Waals surface area (Å²) in [4.78, 5) is 11.8. The van der Waals surface area contributed by atoms with Crippen LogP contribution < -0.4 is 15.4 Å². The van der Waals surface area contributed by atoms with Gasteiger partial charge in [0.05, 0.1) is 23.3 Å². The number of methoxy groups -OCH3 is 1. The molecule has 0 spiro atoms. The fraction of sp³-hybridized carbons (Fsp3) is 0.500. The molecule has 1 aromatic carbocycles. The number of rotatable bonds is 6. The second kappa shape index (κ2) is 8.32. The molecule has 0 saturated carbocycles. The Bertz CT molecular complexity index is 472. The smallest absolute Gasteiger partial charge is 0.319 e. The molecule has 3 N–H and O–H groups in total. The van der Waals surface area contributed by atoms with Crippen LogP contribution in [0, 0.1) is 5.92 Å². The summed E-state index contributed by atoms with van der Waals surface area (Å²) >= 11 is 12.0. The van der Waals surface area contributed by atoms with Gasteiger partial charge in [-0.15, -0.1) is 0 Å². The molecule has 5 nitrogen and oxygen atoms in total. The van der Waals surface area contributed by atoms with Crippen molar-refractivity contribution in [2.24, 2.45) is 5.92 Å². The molecule has 0 saturated heterocycles. The Kier molecular flexibility index (Phi) is 7.08. The van der Waals surface area contributed by atoms with E-state index in [9.17, 15) is 9.90 Å². The number of urea groups is 1. The highest BCUT2D eigenvalue weighted by Crippen LogP contribution is 2.35. The van der Waals surface area contributed by atoms with E-state index in [1.165, 1.54) is 7.11 Å². The molecule has 7 heteroatoms. The van der Waals surface area contributed by atoms with Gasteiger partial charge in [0.1, 0.15) is 0 Å². The molecule has 0 fully saturated rings. The number of anilines is 1. The first-order chi connectivity index (χ1) is 9.83. The number of halogens is 2. The van der Waals surface area contributed by atoms with Crippen LogP contribution in [0.5, 0.6) is 5.75 Å². The third-order valence-corrected chi connectivity index (χ3v) is 3.38. The molecule has 118 valence electrons. The van der Waals surface area contributed by atoms with Crippen molar-refractivity contribution in [2.45, 2.75) is 26.4 Å². The lowest BCUT2D eigenvalue weighted by molar-refractivity contribution is 0.163. The standard InChI is InChI=1S/C14H20Cl2N2O3/c1-8(4-9(2)19)7-17-14(20)18-10-5-11(15)13(21-3)12(16)6-10/h5-6,8-9,19H,4,7H2,1-3H3,(H2,17,18,20)/t8-,9+/m0/s1. The fourth-order valence-electron chi connectivity index (χ4n) is 1.93. The lowest BCUT2D eigenvalue weighted by Gasteiger charge is -2.15. The molecular formula is C14H20Cl2N2O3. The van der Waals surface area contributed by atoms with Crippen molar-refractivity contribution in [3.63, 3.8) is 0 Å². The first-order valence-corrected chi connectivity index (χ1v) is 7.35. The minimum absolute atomic E-state index is 0.179. The molecular weight excluding hydrogens is 315 g/mol. The van der Waals surface area contributed by atoms with Gasteiger partial charge in [-0.05, 0) is 31.4 Å². The number of aliphatic hydroxyl groups is 1. The van der Waals surface area contributed by atoms with Crippen LogP contribution in [-0.4, -0.2) is 30.9 Å². The third-order valence-electron chi connectivity index (χ3n) is 2.81. The highest BCUT2D eigenvalue weighted by Gasteiger charge is 2.11. The van der Waals surface area contributed by atoms with Crippen molar-refractivity contribution in [1.82, 2.24) is 5.32 Å². The highest BCUT2D eigenvalue weighted by molar-refractivity contribution is 6.37. The number of amides is 2. The van der Waals surface area contributed by atoms with Crippen molar-refractivity contribution < 1.29 is 14.6 Å². The van der Waals surface area contributed by atoms with Gasteiger partial charge in [-0.25, -0.2) is 4.79 Å². The van der Waals surface area contributed by atoms with Gasteiger partial charge < -0.3 is 20.5 Å². The van der Waals surface area contributed by atoms with Gasteiger partial charge in [0.2, 0.25) is 0 Å². The molecule has 0 unspecified atom stereocenters. The Morgan fingerprint density at radius 3 is 2.38 bits per heavy atom. The van der Waals surface area contributed by atoms with Gasteiger partial charge in [0, 0.05) is 12.2 Å². The first kappa shape index (κ1) is 17.9. The number of hydrogen-bond acceptors (Lipinski definition) is 3. The lowest BCUT2D eigenvalue weighted by Crippen LogP contribution is -2.33. The summed E-state index contributed by atoms with van der Waals surface area (Å²) in [5.74, 6) is 0.550. The zero-order valence-electron chi connectivity index (χ0n) is 12.2. The number of benzene rings is 1. The fourth-order valence-corrected chi connectivity index (χ4v) is 2.58. The number of ether oxygens (including phenoxy) is 1.